The van der Waals surface area contributed by atoms with E-state index in [0.29, 0.717) is 25.1 Å². The largest absolute Gasteiger partial charge is 0.462 e. The predicted octanol–water partition coefficient (Wildman–Crippen LogP) is 3.67. The Hall–Kier alpha value is -3.41. The number of hydrogen-bond donors (Lipinski definition) is 1. The molecule has 8 nitrogen and oxygen atoms in total. The highest BCUT2D eigenvalue weighted by molar-refractivity contribution is 5.97. The van der Waals surface area contributed by atoms with Gasteiger partial charge in [-0.15, -0.1) is 0 Å². The Labute approximate surface area is 225 Å². The quantitative estimate of drug-likeness (QED) is 0.537. The van der Waals surface area contributed by atoms with Crippen LogP contribution in [0.3, 0.4) is 0 Å². The van der Waals surface area contributed by atoms with E-state index in [1.54, 1.807) is 0 Å². The molecule has 2 fully saturated rings. The van der Waals surface area contributed by atoms with Crippen LogP contribution < -0.4 is 19.9 Å². The van der Waals surface area contributed by atoms with Gasteiger partial charge in [-0.3, -0.25) is 0 Å². The maximum Gasteiger partial charge on any atom is 0.318 e. The summed E-state index contributed by atoms with van der Waals surface area (Å²) in [6.07, 6.45) is 3.73. The van der Waals surface area contributed by atoms with E-state index in [4.69, 9.17) is 14.7 Å². The van der Waals surface area contributed by atoms with E-state index in [9.17, 15) is 5.26 Å². The van der Waals surface area contributed by atoms with Gasteiger partial charge in [0.25, 0.3) is 0 Å². The van der Waals surface area contributed by atoms with Crippen LogP contribution in [0.4, 0.5) is 11.5 Å². The molecule has 3 aromatic rings. The van der Waals surface area contributed by atoms with E-state index in [1.807, 2.05) is 0 Å². The van der Waals surface area contributed by atoms with Crippen molar-refractivity contribution in [2.45, 2.75) is 51.2 Å². The van der Waals surface area contributed by atoms with Gasteiger partial charge in [-0.1, -0.05) is 30.3 Å². The molecule has 6 rings (SSSR count). The Balaban J connectivity index is 1.34. The highest BCUT2D eigenvalue weighted by Gasteiger charge is 2.30. The van der Waals surface area contributed by atoms with Crippen molar-refractivity contribution < 1.29 is 4.74 Å². The first-order valence-electron chi connectivity index (χ1n) is 13.9. The number of likely N-dealkylation sites (tertiary alicyclic amines) is 1. The van der Waals surface area contributed by atoms with E-state index < -0.39 is 0 Å². The van der Waals surface area contributed by atoms with Gasteiger partial charge in [0.15, 0.2) is 0 Å². The minimum atomic E-state index is 0.148. The van der Waals surface area contributed by atoms with Crippen molar-refractivity contribution in [2.75, 3.05) is 56.2 Å². The zero-order valence-electron chi connectivity index (χ0n) is 22.5. The van der Waals surface area contributed by atoms with E-state index >= 15 is 0 Å². The van der Waals surface area contributed by atoms with Gasteiger partial charge in [0, 0.05) is 54.9 Å². The fourth-order valence-corrected chi connectivity index (χ4v) is 6.31. The highest BCUT2D eigenvalue weighted by Crippen LogP contribution is 2.35. The summed E-state index contributed by atoms with van der Waals surface area (Å²) in [7, 11) is 2.17. The van der Waals surface area contributed by atoms with Crippen molar-refractivity contribution in [2.24, 2.45) is 0 Å². The summed E-state index contributed by atoms with van der Waals surface area (Å²) in [6, 6.07) is 16.5. The number of rotatable bonds is 6. The lowest BCUT2D eigenvalue weighted by Crippen LogP contribution is -2.51. The van der Waals surface area contributed by atoms with Gasteiger partial charge >= 0.3 is 6.01 Å². The van der Waals surface area contributed by atoms with Crippen LogP contribution >= 0.6 is 0 Å². The number of benzene rings is 2. The van der Waals surface area contributed by atoms with E-state index in [-0.39, 0.29) is 6.04 Å². The molecule has 3 aliphatic rings. The fourth-order valence-electron chi connectivity index (χ4n) is 6.31. The number of fused-ring (bicyclic) bond motifs is 2. The Kier molecular flexibility index (Phi) is 7.05. The molecule has 0 amide bonds. The van der Waals surface area contributed by atoms with Gasteiger partial charge in [0.05, 0.1) is 24.7 Å². The summed E-state index contributed by atoms with van der Waals surface area (Å²) < 4.78 is 6.29. The van der Waals surface area contributed by atoms with Crippen LogP contribution in [0.5, 0.6) is 6.01 Å². The molecule has 38 heavy (non-hydrogen) atoms. The molecule has 8 heteroatoms. The summed E-state index contributed by atoms with van der Waals surface area (Å²) in [4.78, 5) is 17.2. The smallest absolute Gasteiger partial charge is 0.318 e. The molecule has 0 saturated carbocycles. The number of nitrogens with one attached hydrogen (secondary N) is 1. The number of nitrogens with zero attached hydrogens (tertiary/aromatic N) is 6. The highest BCUT2D eigenvalue weighted by atomic mass is 16.5. The van der Waals surface area contributed by atoms with Crippen LogP contribution in [0.25, 0.3) is 10.8 Å². The number of likely N-dealkylation sites (N-methyl/N-ethyl adjacent to an activating group) is 1. The van der Waals surface area contributed by atoms with Crippen molar-refractivity contribution in [3.8, 4) is 12.1 Å². The topological polar surface area (TPSA) is 80.6 Å². The van der Waals surface area contributed by atoms with Crippen molar-refractivity contribution in [3.63, 3.8) is 0 Å². The molecule has 0 spiro atoms. The average molecular weight is 512 g/mol. The third kappa shape index (κ3) is 4.89. The Morgan fingerprint density at radius 3 is 2.79 bits per heavy atom. The van der Waals surface area contributed by atoms with Crippen LogP contribution in [0, 0.1) is 18.3 Å². The van der Waals surface area contributed by atoms with Crippen LogP contribution in [0.2, 0.25) is 0 Å². The summed E-state index contributed by atoms with van der Waals surface area (Å²) in [5, 5.41) is 15.3. The first-order chi connectivity index (χ1) is 18.6. The number of nitriles is 1. The summed E-state index contributed by atoms with van der Waals surface area (Å²) in [6.45, 7) is 8.04. The Morgan fingerprint density at radius 1 is 1.11 bits per heavy atom. The molecule has 198 valence electrons. The number of hydrogen-bond acceptors (Lipinski definition) is 8. The normalized spacial score (nSPS) is 21.9. The van der Waals surface area contributed by atoms with Crippen molar-refractivity contribution in [3.05, 3.63) is 53.2 Å². The number of aryl methyl sites for hydroxylation is 1. The second kappa shape index (κ2) is 10.8. The Morgan fingerprint density at radius 2 is 1.97 bits per heavy atom. The molecule has 2 unspecified atom stereocenters. The number of piperazine rings is 1. The van der Waals surface area contributed by atoms with E-state index in [1.165, 1.54) is 34.0 Å². The van der Waals surface area contributed by atoms with E-state index in [0.717, 1.165) is 63.6 Å². The maximum atomic E-state index is 9.28. The third-order valence-corrected chi connectivity index (χ3v) is 8.42. The minimum Gasteiger partial charge on any atom is -0.462 e. The van der Waals surface area contributed by atoms with Crippen molar-refractivity contribution in [1.82, 2.24) is 20.2 Å². The average Bonchev–Trinajstić information content (AvgIpc) is 3.35. The van der Waals surface area contributed by atoms with E-state index in [2.05, 4.69) is 76.5 Å². The van der Waals surface area contributed by atoms with Gasteiger partial charge in [-0.25, -0.2) is 0 Å². The summed E-state index contributed by atoms with van der Waals surface area (Å²) in [5.74, 6) is 0.989. The third-order valence-electron chi connectivity index (χ3n) is 8.42. The molecule has 4 heterocycles. The summed E-state index contributed by atoms with van der Waals surface area (Å²) in [5.41, 5.74) is 4.83. The molecular weight excluding hydrogens is 474 g/mol. The second-order valence-corrected chi connectivity index (χ2v) is 10.9. The van der Waals surface area contributed by atoms with Crippen LogP contribution in [0.1, 0.15) is 36.1 Å². The minimum absolute atomic E-state index is 0.148. The molecule has 1 aromatic heterocycles. The van der Waals surface area contributed by atoms with Gasteiger partial charge in [0.2, 0.25) is 0 Å². The first-order valence-corrected chi connectivity index (χ1v) is 13.9. The van der Waals surface area contributed by atoms with Crippen LogP contribution in [-0.4, -0.2) is 73.3 Å². The monoisotopic (exact) mass is 511 g/mol. The lowest BCUT2D eigenvalue weighted by Gasteiger charge is -2.37. The second-order valence-electron chi connectivity index (χ2n) is 10.9. The molecule has 0 radical (unpaired) electrons. The van der Waals surface area contributed by atoms with Crippen molar-refractivity contribution >= 4 is 22.3 Å². The zero-order valence-corrected chi connectivity index (χ0v) is 22.5. The lowest BCUT2D eigenvalue weighted by molar-refractivity contribution is 0.187. The van der Waals surface area contributed by atoms with Gasteiger partial charge in [0.1, 0.15) is 12.4 Å². The molecular formula is C30H37N7O. The van der Waals surface area contributed by atoms with Crippen LogP contribution in [-0.2, 0) is 13.0 Å². The zero-order chi connectivity index (χ0) is 26.1. The number of ether oxygens (including phenoxy) is 1. The van der Waals surface area contributed by atoms with Crippen molar-refractivity contribution in [1.29, 1.82) is 5.26 Å². The first kappa shape index (κ1) is 24.9. The lowest BCUT2D eigenvalue weighted by atomic mass is 9.99. The van der Waals surface area contributed by atoms with Gasteiger partial charge < -0.3 is 24.8 Å². The Bertz CT molecular complexity index is 1350. The standard InChI is InChI=1S/C30H37N7O/c1-21-6-3-7-22-8-4-10-27(28(21)22)36-16-12-25-26(19-36)33-30(38-20-24-9-5-15-35(24)2)34-29(25)37-17-14-32-23(18-37)11-13-31/h3-4,6-8,10,23-24,32H,5,9,11-12,14-20H2,1-2H3. The maximum absolute atomic E-state index is 9.28. The molecule has 0 aliphatic carbocycles. The SMILES string of the molecule is Cc1cccc2cccc(N3CCc4c(nc(OCC5CCCN5C)nc4N4CCNC(CC#N)C4)C3)c12. The summed E-state index contributed by atoms with van der Waals surface area (Å²) >= 11 is 0. The number of anilines is 2. The number of aromatic nitrogens is 2. The fraction of sp³-hybridized carbons (Fsp3) is 0.500. The van der Waals surface area contributed by atoms with Gasteiger partial charge in [-0.2, -0.15) is 15.2 Å². The molecule has 1 N–H and O–H groups in total. The van der Waals surface area contributed by atoms with Gasteiger partial charge in [-0.05, 0) is 56.8 Å². The molecule has 3 aliphatic heterocycles. The van der Waals surface area contributed by atoms with Crippen LogP contribution in [0.15, 0.2) is 36.4 Å². The molecule has 0 bridgehead atoms. The predicted molar refractivity (Wildman–Crippen MR) is 151 cm³/mol. The molecule has 2 aromatic carbocycles. The molecule has 2 saturated heterocycles. The molecule has 2 atom stereocenters.